The van der Waals surface area contributed by atoms with Crippen molar-refractivity contribution in [2.45, 2.75) is 38.5 Å². The van der Waals surface area contributed by atoms with Crippen molar-refractivity contribution in [3.05, 3.63) is 33.8 Å². The molecule has 8 nitrogen and oxygen atoms in total. The Kier molecular flexibility index (Phi) is 6.40. The number of aliphatic imine (C=N–C) groups is 1. The second kappa shape index (κ2) is 9.23. The molecule has 1 fully saturated rings. The Morgan fingerprint density at radius 2 is 1.75 bits per heavy atom. The molecule has 0 bridgehead atoms. The van der Waals surface area contributed by atoms with E-state index >= 15 is 0 Å². The molecule has 0 saturated heterocycles. The van der Waals surface area contributed by atoms with Crippen LogP contribution in [0, 0.1) is 17.2 Å². The summed E-state index contributed by atoms with van der Waals surface area (Å²) in [5.74, 6) is -0.679. The average Bonchev–Trinajstić information content (AvgIpc) is 2.78. The molecule has 0 N–H and O–H groups in total. The maximum Gasteiger partial charge on any atom is 0.255 e. The molecule has 1 amide bonds. The zero-order chi connectivity index (χ0) is 22.8. The van der Waals surface area contributed by atoms with Gasteiger partial charge >= 0.3 is 0 Å². The lowest BCUT2D eigenvalue weighted by Crippen LogP contribution is -2.36. The fourth-order valence-corrected chi connectivity index (χ4v) is 4.54. The number of Topliss-reactive ketones (excluding diaryl/α,β-unsaturated/α-hetero) is 2. The fraction of sp³-hybridized carbons (Fsp3) is 0.364. The molecule has 0 unspecified atom stereocenters. The fourth-order valence-electron chi connectivity index (χ4n) is 3.99. The van der Waals surface area contributed by atoms with E-state index in [0.29, 0.717) is 0 Å². The third kappa shape index (κ3) is 4.45. The summed E-state index contributed by atoms with van der Waals surface area (Å²) in [7, 11) is 0. The molecule has 10 heteroatoms. The summed E-state index contributed by atoms with van der Waals surface area (Å²) in [5, 5.41) is 13.9. The molecule has 3 aliphatic rings. The molecule has 2 aliphatic heterocycles. The lowest BCUT2D eigenvalue weighted by Gasteiger charge is -2.25. The predicted molar refractivity (Wildman–Crippen MR) is 119 cm³/mol. The SMILES string of the molecule is N#CC1=NN(c2cc(Cl)c(OC3=NCC(=O)C(C4CCCCC4)=C3)c(Cl)c2)C(=O)CC1=O. The Morgan fingerprint density at radius 1 is 1.06 bits per heavy atom. The highest BCUT2D eigenvalue weighted by atomic mass is 35.5. The number of halogens is 2. The molecule has 4 rings (SSSR count). The van der Waals surface area contributed by atoms with E-state index in [1.165, 1.54) is 18.6 Å². The summed E-state index contributed by atoms with van der Waals surface area (Å²) in [5.41, 5.74) is 0.538. The largest absolute Gasteiger partial charge is 0.436 e. The van der Waals surface area contributed by atoms with E-state index in [9.17, 15) is 14.4 Å². The van der Waals surface area contributed by atoms with Crippen LogP contribution in [0.1, 0.15) is 38.5 Å². The number of hydrogen-bond acceptors (Lipinski definition) is 7. The molecule has 0 radical (unpaired) electrons. The second-order valence-electron chi connectivity index (χ2n) is 7.72. The van der Waals surface area contributed by atoms with Crippen molar-refractivity contribution in [3.8, 4) is 11.8 Å². The summed E-state index contributed by atoms with van der Waals surface area (Å²) in [4.78, 5) is 40.4. The van der Waals surface area contributed by atoms with Crippen LogP contribution in [0.15, 0.2) is 33.9 Å². The summed E-state index contributed by atoms with van der Waals surface area (Å²) in [6.45, 7) is 0.00689. The van der Waals surface area contributed by atoms with Gasteiger partial charge in [-0.3, -0.25) is 14.4 Å². The zero-order valence-corrected chi connectivity index (χ0v) is 18.4. The first-order valence-corrected chi connectivity index (χ1v) is 10.9. The normalized spacial score (nSPS) is 19.8. The van der Waals surface area contributed by atoms with E-state index in [-0.39, 0.29) is 51.3 Å². The Morgan fingerprint density at radius 3 is 2.41 bits per heavy atom. The lowest BCUT2D eigenvalue weighted by molar-refractivity contribution is -0.124. The number of ether oxygens (including phenoxy) is 1. The monoisotopic (exact) mass is 472 g/mol. The molecule has 1 aromatic carbocycles. The maximum atomic E-state index is 12.4. The van der Waals surface area contributed by atoms with Crippen molar-refractivity contribution in [1.29, 1.82) is 5.26 Å². The van der Waals surface area contributed by atoms with Crippen LogP contribution in [-0.2, 0) is 14.4 Å². The van der Waals surface area contributed by atoms with Crippen LogP contribution in [0.5, 0.6) is 5.75 Å². The second-order valence-corrected chi connectivity index (χ2v) is 8.53. The molecular formula is C22H18Cl2N4O4. The van der Waals surface area contributed by atoms with Crippen LogP contribution in [0.4, 0.5) is 5.69 Å². The quantitative estimate of drug-likeness (QED) is 0.615. The number of amides is 1. The minimum Gasteiger partial charge on any atom is -0.436 e. The highest BCUT2D eigenvalue weighted by Crippen LogP contribution is 2.39. The van der Waals surface area contributed by atoms with Gasteiger partial charge in [0.1, 0.15) is 12.6 Å². The standard InChI is InChI=1S/C22H18Cl2N4O4/c23-15-6-13(28-21(31)9-18(29)17(10-25)27-28)7-16(24)22(15)32-20-8-14(19(30)11-26-20)12-4-2-1-3-5-12/h6-8,12H,1-5,9,11H2. The first kappa shape index (κ1) is 22.2. The van der Waals surface area contributed by atoms with Gasteiger partial charge in [-0.15, -0.1) is 0 Å². The van der Waals surface area contributed by atoms with E-state index < -0.39 is 18.1 Å². The highest BCUT2D eigenvalue weighted by Gasteiger charge is 2.30. The first-order valence-electron chi connectivity index (χ1n) is 10.2. The van der Waals surface area contributed by atoms with Gasteiger partial charge in [-0.05, 0) is 30.9 Å². The number of anilines is 1. The van der Waals surface area contributed by atoms with Gasteiger partial charge in [0, 0.05) is 11.6 Å². The predicted octanol–water partition coefficient (Wildman–Crippen LogP) is 4.05. The van der Waals surface area contributed by atoms with Gasteiger partial charge in [0.25, 0.3) is 5.91 Å². The van der Waals surface area contributed by atoms with E-state index in [1.54, 1.807) is 12.1 Å². The first-order chi connectivity index (χ1) is 15.4. The Balaban J connectivity index is 1.59. The van der Waals surface area contributed by atoms with Crippen molar-refractivity contribution >= 4 is 58.0 Å². The summed E-state index contributed by atoms with van der Waals surface area (Å²) in [6.07, 6.45) is 6.50. The van der Waals surface area contributed by atoms with Gasteiger partial charge < -0.3 is 4.74 Å². The van der Waals surface area contributed by atoms with Crippen LogP contribution in [0.25, 0.3) is 0 Å². The molecular weight excluding hydrogens is 455 g/mol. The molecule has 0 aromatic heterocycles. The van der Waals surface area contributed by atoms with Crippen LogP contribution in [0.3, 0.4) is 0 Å². The van der Waals surface area contributed by atoms with Gasteiger partial charge in [0.2, 0.25) is 17.4 Å². The molecule has 1 aromatic rings. The molecule has 164 valence electrons. The molecule has 0 spiro atoms. The summed E-state index contributed by atoms with van der Waals surface area (Å²) in [6, 6.07) is 4.47. The maximum absolute atomic E-state index is 12.4. The van der Waals surface area contributed by atoms with Crippen LogP contribution >= 0.6 is 23.2 Å². The number of hydrazone groups is 1. The highest BCUT2D eigenvalue weighted by molar-refractivity contribution is 6.50. The minimum atomic E-state index is -0.642. The number of nitrogens with zero attached hydrogens (tertiary/aromatic N) is 4. The molecule has 2 heterocycles. The van der Waals surface area contributed by atoms with E-state index in [0.717, 1.165) is 36.3 Å². The van der Waals surface area contributed by atoms with E-state index in [1.807, 2.05) is 0 Å². The minimum absolute atomic E-state index is 0.00103. The molecule has 1 aliphatic carbocycles. The summed E-state index contributed by atoms with van der Waals surface area (Å²) < 4.78 is 5.83. The number of dihydropyridines is 1. The third-order valence-electron chi connectivity index (χ3n) is 5.58. The number of nitriles is 1. The molecule has 32 heavy (non-hydrogen) atoms. The zero-order valence-electron chi connectivity index (χ0n) is 16.9. The average molecular weight is 473 g/mol. The van der Waals surface area contributed by atoms with Gasteiger partial charge in [0.05, 0.1) is 22.2 Å². The Bertz CT molecular complexity index is 1120. The van der Waals surface area contributed by atoms with E-state index in [4.69, 9.17) is 33.2 Å². The van der Waals surface area contributed by atoms with Crippen molar-refractivity contribution in [2.24, 2.45) is 16.0 Å². The van der Waals surface area contributed by atoms with Gasteiger partial charge in [0.15, 0.2) is 11.5 Å². The number of benzene rings is 1. The van der Waals surface area contributed by atoms with E-state index in [2.05, 4.69) is 10.1 Å². The number of rotatable bonds is 3. The third-order valence-corrected chi connectivity index (χ3v) is 6.14. The number of hydrogen-bond donors (Lipinski definition) is 0. The Hall–Kier alpha value is -3.02. The van der Waals surface area contributed by atoms with Crippen LogP contribution < -0.4 is 9.75 Å². The van der Waals surface area contributed by atoms with Crippen molar-refractivity contribution in [2.75, 3.05) is 11.6 Å². The van der Waals surface area contributed by atoms with Gasteiger partial charge in [-0.25, -0.2) is 4.99 Å². The smallest absolute Gasteiger partial charge is 0.255 e. The van der Waals surface area contributed by atoms with Crippen LogP contribution in [-0.4, -0.2) is 35.6 Å². The number of carbonyl (C=O) groups excluding carboxylic acids is 3. The van der Waals surface area contributed by atoms with Crippen LogP contribution in [0.2, 0.25) is 10.0 Å². The molecule has 1 saturated carbocycles. The topological polar surface area (TPSA) is 112 Å². The number of carbonyl (C=O) groups is 3. The summed E-state index contributed by atoms with van der Waals surface area (Å²) >= 11 is 12.7. The number of ketones is 2. The van der Waals surface area contributed by atoms with Crippen molar-refractivity contribution < 1.29 is 19.1 Å². The van der Waals surface area contributed by atoms with Gasteiger partial charge in [-0.2, -0.15) is 15.4 Å². The Labute approximate surface area is 194 Å². The molecule has 0 atom stereocenters. The lowest BCUT2D eigenvalue weighted by atomic mass is 9.81. The van der Waals surface area contributed by atoms with Gasteiger partial charge in [-0.1, -0.05) is 42.5 Å². The van der Waals surface area contributed by atoms with Crippen molar-refractivity contribution in [3.63, 3.8) is 0 Å². The van der Waals surface area contributed by atoms with Crippen molar-refractivity contribution in [1.82, 2.24) is 0 Å².